The number of nitro groups is 1. The van der Waals surface area contributed by atoms with Gasteiger partial charge in [-0.3, -0.25) is 29.8 Å². The summed E-state index contributed by atoms with van der Waals surface area (Å²) >= 11 is 0. The Balaban J connectivity index is 1.54. The number of hydrogen-bond donors (Lipinski definition) is 2. The molecule has 0 saturated carbocycles. The van der Waals surface area contributed by atoms with Crippen molar-refractivity contribution in [3.05, 3.63) is 94.0 Å². The fourth-order valence-electron chi connectivity index (χ4n) is 3.56. The molecule has 0 spiro atoms. The average molecular weight is 516 g/mol. The van der Waals surface area contributed by atoms with Crippen molar-refractivity contribution in [1.82, 2.24) is 5.32 Å². The maximum atomic E-state index is 13.1. The predicted octanol–water partition coefficient (Wildman–Crippen LogP) is 3.29. The third-order valence-electron chi connectivity index (χ3n) is 5.32. The summed E-state index contributed by atoms with van der Waals surface area (Å²) < 4.78 is 10.9. The van der Waals surface area contributed by atoms with E-state index < -0.39 is 22.8 Å². The smallest absolute Gasteiger partial charge is 0.335 e. The number of para-hydroxylation sites is 1. The van der Waals surface area contributed by atoms with Crippen LogP contribution in [0.2, 0.25) is 0 Å². The van der Waals surface area contributed by atoms with Crippen LogP contribution in [0.25, 0.3) is 6.08 Å². The number of barbiturate groups is 1. The Morgan fingerprint density at radius 3 is 2.50 bits per heavy atom. The molecule has 0 radical (unpaired) electrons. The van der Waals surface area contributed by atoms with E-state index in [0.717, 1.165) is 6.07 Å². The molecule has 1 fully saturated rings. The third kappa shape index (κ3) is 5.65. The van der Waals surface area contributed by atoms with Crippen molar-refractivity contribution in [2.75, 3.05) is 23.9 Å². The number of non-ortho nitro benzene ring substituents is 1. The van der Waals surface area contributed by atoms with Gasteiger partial charge in [0.25, 0.3) is 23.4 Å². The number of anilines is 2. The lowest BCUT2D eigenvalue weighted by molar-refractivity contribution is -0.384. The van der Waals surface area contributed by atoms with Gasteiger partial charge in [-0.1, -0.05) is 30.3 Å². The SMILES string of the molecule is COc1cc(/C=C2\C(=O)NC(=O)N(c3cccc([N+](=O)[O-])c3)C2=O)ccc1OCC(=O)Nc1ccccc1. The lowest BCUT2D eigenvalue weighted by Gasteiger charge is -2.26. The summed E-state index contributed by atoms with van der Waals surface area (Å²) in [4.78, 5) is 61.2. The molecule has 12 heteroatoms. The van der Waals surface area contributed by atoms with Crippen LogP contribution in [0, 0.1) is 10.1 Å². The number of carbonyl (C=O) groups excluding carboxylic acids is 4. The average Bonchev–Trinajstić information content (AvgIpc) is 2.90. The molecule has 1 heterocycles. The minimum atomic E-state index is -1.03. The lowest BCUT2D eigenvalue weighted by atomic mass is 10.1. The molecule has 192 valence electrons. The van der Waals surface area contributed by atoms with Crippen molar-refractivity contribution in [2.24, 2.45) is 0 Å². The maximum Gasteiger partial charge on any atom is 0.335 e. The Morgan fingerprint density at radius 2 is 1.79 bits per heavy atom. The topological polar surface area (TPSA) is 157 Å². The van der Waals surface area contributed by atoms with Crippen molar-refractivity contribution >= 4 is 46.9 Å². The number of nitrogens with zero attached hydrogens (tertiary/aromatic N) is 2. The van der Waals surface area contributed by atoms with Gasteiger partial charge in [-0.2, -0.15) is 0 Å². The van der Waals surface area contributed by atoms with Gasteiger partial charge in [0.15, 0.2) is 18.1 Å². The summed E-state index contributed by atoms with van der Waals surface area (Å²) in [6.45, 7) is -0.299. The van der Waals surface area contributed by atoms with E-state index in [1.54, 1.807) is 24.3 Å². The highest BCUT2D eigenvalue weighted by Crippen LogP contribution is 2.30. The largest absolute Gasteiger partial charge is 0.493 e. The zero-order chi connectivity index (χ0) is 27.2. The van der Waals surface area contributed by atoms with Crippen LogP contribution in [0.4, 0.5) is 21.9 Å². The number of urea groups is 1. The van der Waals surface area contributed by atoms with E-state index in [1.807, 2.05) is 6.07 Å². The molecule has 1 aliphatic rings. The summed E-state index contributed by atoms with van der Waals surface area (Å²) in [5.74, 6) is -1.82. The molecule has 2 N–H and O–H groups in total. The van der Waals surface area contributed by atoms with Gasteiger partial charge in [0, 0.05) is 17.8 Å². The molecule has 0 aromatic heterocycles. The van der Waals surface area contributed by atoms with E-state index >= 15 is 0 Å². The Labute approximate surface area is 215 Å². The molecular formula is C26H20N4O8. The molecule has 0 bridgehead atoms. The molecule has 0 atom stereocenters. The Morgan fingerprint density at radius 1 is 1.03 bits per heavy atom. The van der Waals surface area contributed by atoms with Crippen molar-refractivity contribution in [2.45, 2.75) is 0 Å². The molecule has 1 aliphatic heterocycles. The molecular weight excluding hydrogens is 496 g/mol. The summed E-state index contributed by atoms with van der Waals surface area (Å²) in [5, 5.41) is 15.9. The first-order valence-electron chi connectivity index (χ1n) is 11.1. The first-order chi connectivity index (χ1) is 18.3. The number of hydrogen-bond acceptors (Lipinski definition) is 8. The van der Waals surface area contributed by atoms with Gasteiger partial charge in [-0.25, -0.2) is 9.69 Å². The highest BCUT2D eigenvalue weighted by Gasteiger charge is 2.37. The second-order valence-corrected chi connectivity index (χ2v) is 7.85. The van der Waals surface area contributed by atoms with Crippen LogP contribution in [0.3, 0.4) is 0 Å². The maximum absolute atomic E-state index is 13.1. The van der Waals surface area contributed by atoms with E-state index in [-0.39, 0.29) is 41.0 Å². The number of rotatable bonds is 8. The zero-order valence-corrected chi connectivity index (χ0v) is 19.9. The van der Waals surface area contributed by atoms with E-state index in [4.69, 9.17) is 9.47 Å². The predicted molar refractivity (Wildman–Crippen MR) is 136 cm³/mol. The fraction of sp³-hybridized carbons (Fsp3) is 0.0769. The van der Waals surface area contributed by atoms with Crippen LogP contribution in [0.15, 0.2) is 78.4 Å². The standard InChI is InChI=1S/C26H20N4O8/c1-37-22-13-16(10-11-21(22)38-15-23(31)27-17-6-3-2-4-7-17)12-20-24(32)28-26(34)29(25(20)33)18-8-5-9-19(14-18)30(35)36/h2-14H,15H2,1H3,(H,27,31)(H,28,32,34)/b20-12+. The fourth-order valence-corrected chi connectivity index (χ4v) is 3.56. The van der Waals surface area contributed by atoms with Crippen molar-refractivity contribution in [3.8, 4) is 11.5 Å². The van der Waals surface area contributed by atoms with Crippen LogP contribution < -0.4 is 25.0 Å². The van der Waals surface area contributed by atoms with E-state index in [1.165, 1.54) is 49.6 Å². The van der Waals surface area contributed by atoms with Gasteiger partial charge in [0.05, 0.1) is 17.7 Å². The quantitative estimate of drug-likeness (QED) is 0.200. The molecule has 38 heavy (non-hydrogen) atoms. The number of imide groups is 2. The summed E-state index contributed by atoms with van der Waals surface area (Å²) in [7, 11) is 1.38. The second kappa shape index (κ2) is 11.0. The molecule has 0 unspecified atom stereocenters. The Bertz CT molecular complexity index is 1470. The van der Waals surface area contributed by atoms with Crippen LogP contribution in [-0.4, -0.2) is 42.4 Å². The van der Waals surface area contributed by atoms with Crippen LogP contribution in [0.1, 0.15) is 5.56 Å². The van der Waals surface area contributed by atoms with Gasteiger partial charge in [-0.05, 0) is 42.0 Å². The van der Waals surface area contributed by atoms with E-state index in [0.29, 0.717) is 16.2 Å². The zero-order valence-electron chi connectivity index (χ0n) is 19.9. The van der Waals surface area contributed by atoms with E-state index in [2.05, 4.69) is 10.6 Å². The first-order valence-corrected chi connectivity index (χ1v) is 11.1. The number of benzene rings is 3. The van der Waals surface area contributed by atoms with Gasteiger partial charge >= 0.3 is 6.03 Å². The molecule has 3 aromatic rings. The highest BCUT2D eigenvalue weighted by atomic mass is 16.6. The molecule has 5 amide bonds. The summed E-state index contributed by atoms with van der Waals surface area (Å²) in [6.07, 6.45) is 1.24. The number of carbonyl (C=O) groups is 4. The van der Waals surface area contributed by atoms with Gasteiger partial charge in [0.2, 0.25) is 0 Å². The van der Waals surface area contributed by atoms with Gasteiger partial charge < -0.3 is 14.8 Å². The van der Waals surface area contributed by atoms with Crippen LogP contribution in [-0.2, 0) is 14.4 Å². The number of ether oxygens (including phenoxy) is 2. The van der Waals surface area contributed by atoms with Crippen molar-refractivity contribution < 1.29 is 33.6 Å². The van der Waals surface area contributed by atoms with Crippen LogP contribution >= 0.6 is 0 Å². The Kier molecular flexibility index (Phi) is 7.43. The molecule has 4 rings (SSSR count). The normalized spacial score (nSPS) is 14.2. The summed E-state index contributed by atoms with van der Waals surface area (Å²) in [5.41, 5.74) is 0.186. The number of nitro benzene ring substituents is 1. The minimum absolute atomic E-state index is 0.0739. The Hall–Kier alpha value is -5.52. The summed E-state index contributed by atoms with van der Waals surface area (Å²) in [6, 6.07) is 17.2. The minimum Gasteiger partial charge on any atom is -0.493 e. The van der Waals surface area contributed by atoms with Gasteiger partial charge in [-0.15, -0.1) is 0 Å². The van der Waals surface area contributed by atoms with Gasteiger partial charge in [0.1, 0.15) is 5.57 Å². The lowest BCUT2D eigenvalue weighted by Crippen LogP contribution is -2.54. The number of nitrogens with one attached hydrogen (secondary N) is 2. The first kappa shape index (κ1) is 25.6. The molecule has 1 saturated heterocycles. The highest BCUT2D eigenvalue weighted by molar-refractivity contribution is 6.39. The van der Waals surface area contributed by atoms with E-state index in [9.17, 15) is 29.3 Å². The molecule has 3 aromatic carbocycles. The molecule has 12 nitrogen and oxygen atoms in total. The van der Waals surface area contributed by atoms with Crippen molar-refractivity contribution in [1.29, 1.82) is 0 Å². The number of amides is 5. The second-order valence-electron chi connectivity index (χ2n) is 7.85. The number of methoxy groups -OCH3 is 1. The monoisotopic (exact) mass is 516 g/mol. The van der Waals surface area contributed by atoms with Crippen molar-refractivity contribution in [3.63, 3.8) is 0 Å². The molecule has 0 aliphatic carbocycles. The van der Waals surface area contributed by atoms with Crippen LogP contribution in [0.5, 0.6) is 11.5 Å². The third-order valence-corrected chi connectivity index (χ3v) is 5.32.